The summed E-state index contributed by atoms with van der Waals surface area (Å²) in [7, 11) is 0. The summed E-state index contributed by atoms with van der Waals surface area (Å²) in [5.41, 5.74) is 0.896. The van der Waals surface area contributed by atoms with Gasteiger partial charge in [0, 0.05) is 17.5 Å². The Morgan fingerprint density at radius 3 is 2.60 bits per heavy atom. The molecule has 0 saturated carbocycles. The molecule has 0 bridgehead atoms. The average Bonchev–Trinajstić information content (AvgIpc) is 3.00. The maximum atomic E-state index is 10.5. The van der Waals surface area contributed by atoms with Crippen molar-refractivity contribution in [2.75, 3.05) is 6.54 Å². The molecule has 4 heteroatoms. The maximum absolute atomic E-state index is 10.5. The first-order valence-corrected chi connectivity index (χ1v) is 7.41. The SMILES string of the molecule is CC(NCC(C)(O)c1cccs1)c1ccc(C#N)cc1. The molecule has 2 N–H and O–H groups in total. The molecule has 2 unspecified atom stereocenters. The molecule has 1 aromatic heterocycles. The van der Waals surface area contributed by atoms with Gasteiger partial charge in [-0.2, -0.15) is 5.26 Å². The third-order valence-corrected chi connectivity index (χ3v) is 4.47. The highest BCUT2D eigenvalue weighted by molar-refractivity contribution is 7.10. The molecular weight excluding hydrogens is 268 g/mol. The predicted molar refractivity (Wildman–Crippen MR) is 81.5 cm³/mol. The highest BCUT2D eigenvalue weighted by Gasteiger charge is 2.24. The number of aliphatic hydroxyl groups is 1. The Bertz CT molecular complexity index is 582. The van der Waals surface area contributed by atoms with Gasteiger partial charge in [-0.25, -0.2) is 0 Å². The van der Waals surface area contributed by atoms with Crippen LogP contribution in [0.5, 0.6) is 0 Å². The number of nitrogens with one attached hydrogen (secondary N) is 1. The van der Waals surface area contributed by atoms with Crippen molar-refractivity contribution in [3.05, 3.63) is 57.8 Å². The van der Waals surface area contributed by atoms with Crippen LogP contribution in [0.25, 0.3) is 0 Å². The second-order valence-corrected chi connectivity index (χ2v) is 6.04. The second kappa shape index (κ2) is 6.19. The first-order chi connectivity index (χ1) is 9.53. The lowest BCUT2D eigenvalue weighted by molar-refractivity contribution is 0.0581. The molecule has 3 nitrogen and oxygen atoms in total. The quantitative estimate of drug-likeness (QED) is 0.887. The third-order valence-electron chi connectivity index (χ3n) is 3.34. The zero-order chi connectivity index (χ0) is 14.6. The number of thiophene rings is 1. The molecule has 2 atom stereocenters. The van der Waals surface area contributed by atoms with Gasteiger partial charge < -0.3 is 10.4 Å². The Balaban J connectivity index is 1.98. The van der Waals surface area contributed by atoms with Crippen LogP contribution in [-0.4, -0.2) is 11.7 Å². The van der Waals surface area contributed by atoms with Crippen LogP contribution in [0.3, 0.4) is 0 Å². The van der Waals surface area contributed by atoms with Crippen molar-refractivity contribution in [2.24, 2.45) is 0 Å². The summed E-state index contributed by atoms with van der Waals surface area (Å²) in [6.07, 6.45) is 0. The van der Waals surface area contributed by atoms with Gasteiger partial charge in [-0.05, 0) is 43.0 Å². The maximum Gasteiger partial charge on any atom is 0.108 e. The van der Waals surface area contributed by atoms with E-state index in [1.807, 2.05) is 55.6 Å². The van der Waals surface area contributed by atoms with Gasteiger partial charge in [0.15, 0.2) is 0 Å². The standard InChI is InChI=1S/C16H18N2OS/c1-12(14-7-5-13(10-17)6-8-14)18-11-16(2,19)15-4-3-9-20-15/h3-9,12,18-19H,11H2,1-2H3. The van der Waals surface area contributed by atoms with Crippen LogP contribution in [0.1, 0.15) is 35.9 Å². The number of benzene rings is 1. The molecule has 0 aliphatic carbocycles. The second-order valence-electron chi connectivity index (χ2n) is 5.09. The first-order valence-electron chi connectivity index (χ1n) is 6.53. The molecule has 2 rings (SSSR count). The van der Waals surface area contributed by atoms with Crippen LogP contribution >= 0.6 is 11.3 Å². The summed E-state index contributed by atoms with van der Waals surface area (Å²) in [4.78, 5) is 0.956. The fourth-order valence-electron chi connectivity index (χ4n) is 1.99. The summed E-state index contributed by atoms with van der Waals surface area (Å²) in [6.45, 7) is 4.35. The van der Waals surface area contributed by atoms with Gasteiger partial charge in [-0.3, -0.25) is 0 Å². The Morgan fingerprint density at radius 1 is 1.35 bits per heavy atom. The van der Waals surface area contributed by atoms with E-state index in [4.69, 9.17) is 5.26 Å². The molecule has 0 fully saturated rings. The molecule has 0 amide bonds. The van der Waals surface area contributed by atoms with Crippen LogP contribution in [-0.2, 0) is 5.60 Å². The Morgan fingerprint density at radius 2 is 2.05 bits per heavy atom. The Kier molecular flexibility index (Phi) is 4.56. The van der Waals surface area contributed by atoms with Crippen molar-refractivity contribution in [2.45, 2.75) is 25.5 Å². The van der Waals surface area contributed by atoms with E-state index in [0.717, 1.165) is 10.4 Å². The van der Waals surface area contributed by atoms with Gasteiger partial charge in [0.05, 0.1) is 11.6 Å². The minimum atomic E-state index is -0.866. The lowest BCUT2D eigenvalue weighted by Crippen LogP contribution is -2.36. The number of nitriles is 1. The van der Waals surface area contributed by atoms with Crippen molar-refractivity contribution < 1.29 is 5.11 Å². The van der Waals surface area contributed by atoms with Crippen molar-refractivity contribution in [1.82, 2.24) is 5.32 Å². The summed E-state index contributed by atoms with van der Waals surface area (Å²) in [5.74, 6) is 0. The van der Waals surface area contributed by atoms with Gasteiger partial charge in [-0.1, -0.05) is 18.2 Å². The number of nitrogens with zero attached hydrogens (tertiary/aromatic N) is 1. The van der Waals surface area contributed by atoms with Crippen LogP contribution in [0.4, 0.5) is 0 Å². The highest BCUT2D eigenvalue weighted by Crippen LogP contribution is 2.25. The molecule has 104 valence electrons. The topological polar surface area (TPSA) is 56.0 Å². The molecule has 0 aliphatic heterocycles. The minimum absolute atomic E-state index is 0.120. The van der Waals surface area contributed by atoms with Gasteiger partial charge in [-0.15, -0.1) is 11.3 Å². The molecule has 1 aromatic carbocycles. The lowest BCUT2D eigenvalue weighted by Gasteiger charge is -2.25. The smallest absolute Gasteiger partial charge is 0.108 e. The molecule has 0 spiro atoms. The summed E-state index contributed by atoms with van der Waals surface area (Å²) in [6, 6.07) is 13.6. The zero-order valence-corrected chi connectivity index (χ0v) is 12.4. The first kappa shape index (κ1) is 14.7. The van der Waals surface area contributed by atoms with E-state index in [1.165, 1.54) is 0 Å². The van der Waals surface area contributed by atoms with E-state index < -0.39 is 5.60 Å². The van der Waals surface area contributed by atoms with Crippen molar-refractivity contribution in [3.8, 4) is 6.07 Å². The Labute approximate surface area is 123 Å². The van der Waals surface area contributed by atoms with E-state index in [9.17, 15) is 5.11 Å². The number of rotatable bonds is 5. The minimum Gasteiger partial charge on any atom is -0.383 e. The van der Waals surface area contributed by atoms with Crippen LogP contribution in [0, 0.1) is 11.3 Å². The summed E-state index contributed by atoms with van der Waals surface area (Å²) < 4.78 is 0. The molecule has 20 heavy (non-hydrogen) atoms. The van der Waals surface area contributed by atoms with E-state index >= 15 is 0 Å². The van der Waals surface area contributed by atoms with Gasteiger partial charge in [0.1, 0.15) is 5.60 Å². The van der Waals surface area contributed by atoms with E-state index in [2.05, 4.69) is 11.4 Å². The number of hydrogen-bond donors (Lipinski definition) is 2. The normalized spacial score (nSPS) is 15.3. The van der Waals surface area contributed by atoms with Crippen molar-refractivity contribution in [3.63, 3.8) is 0 Å². The van der Waals surface area contributed by atoms with Crippen molar-refractivity contribution >= 4 is 11.3 Å². The molecule has 0 aliphatic rings. The third kappa shape index (κ3) is 3.45. The van der Waals surface area contributed by atoms with Gasteiger partial charge in [0.25, 0.3) is 0 Å². The lowest BCUT2D eigenvalue weighted by atomic mass is 10.0. The van der Waals surface area contributed by atoms with Gasteiger partial charge in [0.2, 0.25) is 0 Å². The number of hydrogen-bond acceptors (Lipinski definition) is 4. The van der Waals surface area contributed by atoms with Crippen LogP contribution in [0.15, 0.2) is 41.8 Å². The zero-order valence-electron chi connectivity index (χ0n) is 11.6. The summed E-state index contributed by atoms with van der Waals surface area (Å²) in [5, 5.41) is 24.5. The van der Waals surface area contributed by atoms with Crippen molar-refractivity contribution in [1.29, 1.82) is 5.26 Å². The summed E-state index contributed by atoms with van der Waals surface area (Å²) >= 11 is 1.56. The van der Waals surface area contributed by atoms with Gasteiger partial charge >= 0.3 is 0 Å². The molecule has 0 saturated heterocycles. The van der Waals surface area contributed by atoms with Crippen LogP contribution < -0.4 is 5.32 Å². The fourth-order valence-corrected chi connectivity index (χ4v) is 2.78. The molecule has 2 aromatic rings. The predicted octanol–water partition coefficient (Wildman–Crippen LogP) is 3.18. The van der Waals surface area contributed by atoms with E-state index in [0.29, 0.717) is 12.1 Å². The van der Waals surface area contributed by atoms with Crippen LogP contribution in [0.2, 0.25) is 0 Å². The molecule has 0 radical (unpaired) electrons. The largest absolute Gasteiger partial charge is 0.383 e. The molecular formula is C16H18N2OS. The fraction of sp³-hybridized carbons (Fsp3) is 0.312. The van der Waals surface area contributed by atoms with E-state index in [-0.39, 0.29) is 6.04 Å². The highest BCUT2D eigenvalue weighted by atomic mass is 32.1. The monoisotopic (exact) mass is 286 g/mol. The Hall–Kier alpha value is -1.67. The molecule has 1 heterocycles. The average molecular weight is 286 g/mol. The van der Waals surface area contributed by atoms with E-state index in [1.54, 1.807) is 11.3 Å².